The predicted octanol–water partition coefficient (Wildman–Crippen LogP) is 2.75. The lowest BCUT2D eigenvalue weighted by Crippen LogP contribution is -2.21. The van der Waals surface area contributed by atoms with Crippen LogP contribution in [0.2, 0.25) is 0 Å². The van der Waals surface area contributed by atoms with Crippen LogP contribution in [0.3, 0.4) is 0 Å². The van der Waals surface area contributed by atoms with Crippen LogP contribution in [0.5, 0.6) is 0 Å². The number of nitrogens with zero attached hydrogens (tertiary/aromatic N) is 9. The van der Waals surface area contributed by atoms with E-state index in [4.69, 9.17) is 4.99 Å². The summed E-state index contributed by atoms with van der Waals surface area (Å²) in [6, 6.07) is 8.18. The van der Waals surface area contributed by atoms with Crippen molar-refractivity contribution in [2.45, 2.75) is 20.8 Å². The molecule has 0 fully saturated rings. The van der Waals surface area contributed by atoms with Crippen LogP contribution in [-0.2, 0) is 0 Å². The van der Waals surface area contributed by atoms with E-state index in [0.29, 0.717) is 23.1 Å². The predicted molar refractivity (Wildman–Crippen MR) is 110 cm³/mol. The molecule has 3 aromatic rings. The number of fused-ring (bicyclic) bond motifs is 1. The molecule has 3 heterocycles. The van der Waals surface area contributed by atoms with Crippen molar-refractivity contribution in [3.8, 4) is 17.6 Å². The minimum absolute atomic E-state index is 0.187. The molecule has 0 radical (unpaired) electrons. The lowest BCUT2D eigenvalue weighted by Gasteiger charge is -2.21. The van der Waals surface area contributed by atoms with Gasteiger partial charge in [0.1, 0.15) is 17.5 Å². The second-order valence-electron chi connectivity index (χ2n) is 6.41. The van der Waals surface area contributed by atoms with E-state index in [1.807, 2.05) is 19.1 Å². The van der Waals surface area contributed by atoms with Crippen molar-refractivity contribution in [3.05, 3.63) is 48.2 Å². The topological polar surface area (TPSA) is 108 Å². The van der Waals surface area contributed by atoms with E-state index in [-0.39, 0.29) is 5.71 Å². The number of nitriles is 1. The SMILES string of the molecule is CCN(CC)c1ccc(N=C2C(C#N)=Nn3c2nnc3-c2cnccn2)c(C)c1. The largest absolute Gasteiger partial charge is 0.372 e. The molecule has 0 amide bonds. The third-order valence-electron chi connectivity index (χ3n) is 4.72. The smallest absolute Gasteiger partial charge is 0.206 e. The number of aryl methyl sites for hydroxylation is 1. The fourth-order valence-corrected chi connectivity index (χ4v) is 3.20. The lowest BCUT2D eigenvalue weighted by atomic mass is 10.1. The maximum atomic E-state index is 9.56. The molecule has 2 aromatic heterocycles. The summed E-state index contributed by atoms with van der Waals surface area (Å²) in [5.41, 5.74) is 4.02. The number of aliphatic imine (C=N–C) groups is 1. The Morgan fingerprint density at radius 2 is 1.93 bits per heavy atom. The van der Waals surface area contributed by atoms with Gasteiger partial charge in [-0.3, -0.25) is 4.98 Å². The Morgan fingerprint density at radius 3 is 2.59 bits per heavy atom. The standard InChI is InChI=1S/C20H19N9/c1-4-28(5-2)14-6-7-15(13(3)10-14)24-18-16(11-21)27-29-19(25-26-20(18)29)17-12-22-8-9-23-17/h6-10,12H,4-5H2,1-3H3. The Labute approximate surface area is 168 Å². The summed E-state index contributed by atoms with van der Waals surface area (Å²) in [5, 5.41) is 22.2. The quantitative estimate of drug-likeness (QED) is 0.668. The first-order chi connectivity index (χ1) is 14.2. The van der Waals surface area contributed by atoms with Gasteiger partial charge in [0.2, 0.25) is 11.6 Å². The Bertz CT molecular complexity index is 1150. The second kappa shape index (κ2) is 7.59. The van der Waals surface area contributed by atoms with Gasteiger partial charge in [0.25, 0.3) is 0 Å². The molecule has 0 atom stereocenters. The van der Waals surface area contributed by atoms with E-state index in [1.165, 1.54) is 4.68 Å². The molecule has 144 valence electrons. The number of rotatable bonds is 5. The van der Waals surface area contributed by atoms with Crippen LogP contribution < -0.4 is 4.90 Å². The molecule has 0 bridgehead atoms. The van der Waals surface area contributed by atoms with Crippen LogP contribution in [0.15, 0.2) is 46.9 Å². The maximum Gasteiger partial charge on any atom is 0.206 e. The summed E-state index contributed by atoms with van der Waals surface area (Å²) in [7, 11) is 0. The van der Waals surface area contributed by atoms with E-state index in [2.05, 4.69) is 56.1 Å². The summed E-state index contributed by atoms with van der Waals surface area (Å²) in [6.45, 7) is 8.12. The van der Waals surface area contributed by atoms with Crippen molar-refractivity contribution < 1.29 is 0 Å². The van der Waals surface area contributed by atoms with Crippen molar-refractivity contribution in [1.29, 1.82) is 5.26 Å². The van der Waals surface area contributed by atoms with Crippen molar-refractivity contribution >= 4 is 22.8 Å². The number of benzene rings is 1. The Balaban J connectivity index is 1.76. The van der Waals surface area contributed by atoms with Crippen molar-refractivity contribution in [2.24, 2.45) is 10.1 Å². The zero-order valence-electron chi connectivity index (χ0n) is 16.4. The Kier molecular flexibility index (Phi) is 4.83. The average molecular weight is 385 g/mol. The van der Waals surface area contributed by atoms with E-state index >= 15 is 0 Å². The monoisotopic (exact) mass is 385 g/mol. The number of aromatic nitrogens is 5. The molecule has 0 aliphatic carbocycles. The van der Waals surface area contributed by atoms with Gasteiger partial charge < -0.3 is 4.90 Å². The number of hydrogen-bond acceptors (Lipinski definition) is 8. The van der Waals surface area contributed by atoms with Crippen LogP contribution >= 0.6 is 0 Å². The fraction of sp³-hybridized carbons (Fsp3) is 0.250. The normalized spacial score (nSPS) is 13.9. The van der Waals surface area contributed by atoms with Crippen molar-refractivity contribution in [1.82, 2.24) is 24.8 Å². The maximum absolute atomic E-state index is 9.56. The molecule has 0 unspecified atom stereocenters. The summed E-state index contributed by atoms with van der Waals surface area (Å²) in [6.07, 6.45) is 4.72. The first-order valence-electron chi connectivity index (χ1n) is 9.32. The molecule has 0 saturated carbocycles. The van der Waals surface area contributed by atoms with E-state index in [1.54, 1.807) is 18.6 Å². The highest BCUT2D eigenvalue weighted by Gasteiger charge is 2.29. The Hall–Kier alpha value is -3.93. The van der Waals surface area contributed by atoms with Crippen molar-refractivity contribution in [3.63, 3.8) is 0 Å². The number of hydrogen-bond donors (Lipinski definition) is 0. The van der Waals surface area contributed by atoms with Crippen LogP contribution in [0.25, 0.3) is 11.5 Å². The molecule has 9 heteroatoms. The van der Waals surface area contributed by atoms with Gasteiger partial charge in [-0.05, 0) is 44.5 Å². The molecule has 9 nitrogen and oxygen atoms in total. The van der Waals surface area contributed by atoms with E-state index in [9.17, 15) is 5.26 Å². The molecule has 29 heavy (non-hydrogen) atoms. The van der Waals surface area contributed by atoms with Gasteiger partial charge in [-0.15, -0.1) is 10.2 Å². The van der Waals surface area contributed by atoms with Crippen LogP contribution in [-0.4, -0.2) is 49.4 Å². The average Bonchev–Trinajstić information content (AvgIpc) is 3.31. The summed E-state index contributed by atoms with van der Waals surface area (Å²) >= 11 is 0. The van der Waals surface area contributed by atoms with Crippen LogP contribution in [0, 0.1) is 18.3 Å². The zero-order chi connectivity index (χ0) is 20.4. The minimum atomic E-state index is 0.187. The van der Waals surface area contributed by atoms with Gasteiger partial charge in [-0.25, -0.2) is 9.98 Å². The molecule has 0 saturated heterocycles. The van der Waals surface area contributed by atoms with Crippen LogP contribution in [0.4, 0.5) is 11.4 Å². The molecule has 0 spiro atoms. The van der Waals surface area contributed by atoms with Gasteiger partial charge in [-0.2, -0.15) is 15.0 Å². The first kappa shape index (κ1) is 18.4. The lowest BCUT2D eigenvalue weighted by molar-refractivity contribution is 0.865. The second-order valence-corrected chi connectivity index (χ2v) is 6.41. The van der Waals surface area contributed by atoms with Crippen LogP contribution in [0.1, 0.15) is 25.2 Å². The third kappa shape index (κ3) is 3.25. The van der Waals surface area contributed by atoms with Gasteiger partial charge in [0.05, 0.1) is 11.9 Å². The molecular weight excluding hydrogens is 366 g/mol. The highest BCUT2D eigenvalue weighted by Crippen LogP contribution is 2.27. The fourth-order valence-electron chi connectivity index (χ4n) is 3.20. The van der Waals surface area contributed by atoms with Gasteiger partial charge in [0.15, 0.2) is 5.71 Å². The Morgan fingerprint density at radius 1 is 1.14 bits per heavy atom. The highest BCUT2D eigenvalue weighted by molar-refractivity contribution is 6.54. The molecule has 1 aliphatic heterocycles. The molecule has 0 N–H and O–H groups in total. The van der Waals surface area contributed by atoms with Gasteiger partial charge >= 0.3 is 0 Å². The first-order valence-corrected chi connectivity index (χ1v) is 9.32. The summed E-state index contributed by atoms with van der Waals surface area (Å²) < 4.78 is 1.49. The molecule has 4 rings (SSSR count). The molecule has 1 aromatic carbocycles. The minimum Gasteiger partial charge on any atom is -0.372 e. The zero-order valence-corrected chi connectivity index (χ0v) is 16.4. The summed E-state index contributed by atoms with van der Waals surface area (Å²) in [4.78, 5) is 15.2. The third-order valence-corrected chi connectivity index (χ3v) is 4.72. The molecule has 1 aliphatic rings. The highest BCUT2D eigenvalue weighted by atomic mass is 15.5. The van der Waals surface area contributed by atoms with E-state index in [0.717, 1.165) is 30.0 Å². The molecular formula is C20H19N9. The number of anilines is 1. The van der Waals surface area contributed by atoms with E-state index < -0.39 is 0 Å². The van der Waals surface area contributed by atoms with Gasteiger partial charge in [-0.1, -0.05) is 0 Å². The van der Waals surface area contributed by atoms with Crippen molar-refractivity contribution in [2.75, 3.05) is 18.0 Å². The summed E-state index contributed by atoms with van der Waals surface area (Å²) in [5.74, 6) is 0.828. The van der Waals surface area contributed by atoms with Gasteiger partial charge in [0, 0.05) is 31.2 Å².